The van der Waals surface area contributed by atoms with Gasteiger partial charge in [0.25, 0.3) is 0 Å². The molecule has 3 aliphatic heterocycles. The Morgan fingerprint density at radius 3 is 2.45 bits per heavy atom. The fourth-order valence-corrected chi connectivity index (χ4v) is 6.47. The molecule has 0 radical (unpaired) electrons. The summed E-state index contributed by atoms with van der Waals surface area (Å²) in [6.07, 6.45) is 5.55. The van der Waals surface area contributed by atoms with Gasteiger partial charge in [0.15, 0.2) is 5.75 Å². The number of hydrogen-bond acceptors (Lipinski definition) is 8. The highest BCUT2D eigenvalue weighted by atomic mass is 79.9. The summed E-state index contributed by atoms with van der Waals surface area (Å²) in [5.74, 6) is 1.55. The van der Waals surface area contributed by atoms with Gasteiger partial charge in [-0.1, -0.05) is 12.7 Å². The second-order valence-electron chi connectivity index (χ2n) is 12.4. The second kappa shape index (κ2) is 11.4. The topological polar surface area (TPSA) is 80.3 Å². The Hall–Kier alpha value is -2.59. The summed E-state index contributed by atoms with van der Waals surface area (Å²) < 4.78 is 18.9. The van der Waals surface area contributed by atoms with Gasteiger partial charge in [-0.15, -0.1) is 0 Å². The van der Waals surface area contributed by atoms with E-state index >= 15 is 0 Å². The maximum Gasteiger partial charge on any atom is 0.410 e. The van der Waals surface area contributed by atoms with Crippen LogP contribution in [0.15, 0.2) is 17.1 Å². The van der Waals surface area contributed by atoms with E-state index in [0.717, 1.165) is 91.7 Å². The highest BCUT2D eigenvalue weighted by molar-refractivity contribution is 9.10. The first kappa shape index (κ1) is 28.9. The zero-order valence-electron chi connectivity index (χ0n) is 24.5. The molecule has 0 N–H and O–H groups in total. The molecule has 218 valence electrons. The van der Waals surface area contributed by atoms with Gasteiger partial charge in [0.1, 0.15) is 23.0 Å². The smallest absolute Gasteiger partial charge is 0.410 e. The molecule has 3 aliphatic rings. The number of benzene rings is 1. The Balaban J connectivity index is 1.41. The van der Waals surface area contributed by atoms with Crippen molar-refractivity contribution in [1.29, 1.82) is 0 Å². The average molecular weight is 617 g/mol. The van der Waals surface area contributed by atoms with Crippen LogP contribution >= 0.6 is 15.9 Å². The fraction of sp³-hybridized carbons (Fsp3) is 0.633. The summed E-state index contributed by atoms with van der Waals surface area (Å²) in [6, 6.07) is 2.48. The van der Waals surface area contributed by atoms with E-state index in [-0.39, 0.29) is 17.6 Å². The van der Waals surface area contributed by atoms with Crippen LogP contribution in [0.25, 0.3) is 17.0 Å². The molecule has 0 unspecified atom stereocenters. The van der Waals surface area contributed by atoms with Gasteiger partial charge in [-0.3, -0.25) is 0 Å². The van der Waals surface area contributed by atoms with Gasteiger partial charge in [-0.2, -0.15) is 9.97 Å². The lowest BCUT2D eigenvalue weighted by Gasteiger charge is -2.53. The number of ether oxygens (including phenoxy) is 3. The molecule has 10 heteroatoms. The van der Waals surface area contributed by atoms with E-state index in [1.165, 1.54) is 0 Å². The van der Waals surface area contributed by atoms with Crippen molar-refractivity contribution in [2.75, 3.05) is 57.8 Å². The van der Waals surface area contributed by atoms with Crippen molar-refractivity contribution in [3.8, 4) is 11.8 Å². The molecule has 5 rings (SSSR count). The summed E-state index contributed by atoms with van der Waals surface area (Å²) in [5.41, 5.74) is 1.33. The molecule has 0 bridgehead atoms. The van der Waals surface area contributed by atoms with Crippen LogP contribution in [0.5, 0.6) is 11.8 Å². The number of halogens is 1. The maximum atomic E-state index is 12.5. The molecule has 4 heterocycles. The summed E-state index contributed by atoms with van der Waals surface area (Å²) in [7, 11) is 2.14. The molecule has 0 atom stereocenters. The number of carbonyl (C=O) groups excluding carboxylic acids is 1. The lowest BCUT2D eigenvalue weighted by molar-refractivity contribution is -0.0434. The first-order valence-corrected chi connectivity index (χ1v) is 15.2. The Labute approximate surface area is 246 Å². The van der Waals surface area contributed by atoms with E-state index in [4.69, 9.17) is 24.2 Å². The van der Waals surface area contributed by atoms with Crippen LogP contribution in [0.4, 0.5) is 10.6 Å². The highest BCUT2D eigenvalue weighted by Crippen LogP contribution is 2.45. The molecule has 1 aromatic carbocycles. The largest absolute Gasteiger partial charge is 0.490 e. The van der Waals surface area contributed by atoms with E-state index in [2.05, 4.69) is 45.4 Å². The third-order valence-electron chi connectivity index (χ3n) is 8.15. The van der Waals surface area contributed by atoms with Gasteiger partial charge in [-0.25, -0.2) is 4.79 Å². The van der Waals surface area contributed by atoms with Crippen molar-refractivity contribution >= 4 is 44.8 Å². The van der Waals surface area contributed by atoms with E-state index in [1.54, 1.807) is 0 Å². The second-order valence-corrected chi connectivity index (χ2v) is 13.2. The van der Waals surface area contributed by atoms with Gasteiger partial charge < -0.3 is 28.9 Å². The zero-order chi connectivity index (χ0) is 28.7. The molecule has 3 saturated heterocycles. The van der Waals surface area contributed by atoms with Crippen LogP contribution < -0.4 is 14.4 Å². The molecule has 1 aromatic heterocycles. The summed E-state index contributed by atoms with van der Waals surface area (Å²) in [6.45, 7) is 17.4. The number of hydrogen-bond donors (Lipinski definition) is 0. The van der Waals surface area contributed by atoms with Crippen molar-refractivity contribution in [3.63, 3.8) is 0 Å². The Bertz CT molecular complexity index is 1260. The minimum absolute atomic E-state index is 0.0892. The number of rotatable bonds is 6. The van der Waals surface area contributed by atoms with Crippen molar-refractivity contribution in [1.82, 2.24) is 19.8 Å². The van der Waals surface area contributed by atoms with Gasteiger partial charge in [-0.05, 0) is 88.0 Å². The molecule has 0 saturated carbocycles. The number of nitrogens with zero attached hydrogens (tertiary/aromatic N) is 5. The Morgan fingerprint density at radius 2 is 1.85 bits per heavy atom. The molecule has 3 fully saturated rings. The Kier molecular flexibility index (Phi) is 8.21. The van der Waals surface area contributed by atoms with Gasteiger partial charge >= 0.3 is 12.1 Å². The minimum Gasteiger partial charge on any atom is -0.490 e. The lowest BCUT2D eigenvalue weighted by atomic mass is 9.72. The molecule has 9 nitrogen and oxygen atoms in total. The van der Waals surface area contributed by atoms with Gasteiger partial charge in [0.05, 0.1) is 11.1 Å². The monoisotopic (exact) mass is 615 g/mol. The number of carbonyl (C=O) groups is 1. The SMILES string of the molecule is C=Cc1cc2c(N3CCC4(CC3)CN(C(=O)OC(C)(C)C)C4)nc(OC3CCN(C)CC3)nc2c(OCC)c1Br. The van der Waals surface area contributed by atoms with Crippen LogP contribution in [0.3, 0.4) is 0 Å². The van der Waals surface area contributed by atoms with E-state index in [1.807, 2.05) is 38.7 Å². The van der Waals surface area contributed by atoms with E-state index in [9.17, 15) is 4.79 Å². The third kappa shape index (κ3) is 6.03. The zero-order valence-corrected chi connectivity index (χ0v) is 26.1. The molecule has 0 aliphatic carbocycles. The molecular weight excluding hydrogens is 574 g/mol. The van der Waals surface area contributed by atoms with Crippen molar-refractivity contribution < 1.29 is 19.0 Å². The molecular formula is C30H42BrN5O4. The number of fused-ring (bicyclic) bond motifs is 1. The number of aromatic nitrogens is 2. The standard InChI is InChI=1S/C30H42BrN5O4/c1-7-20-17-22-24(25(23(20)31)38-8-2)32-27(39-21-9-13-34(6)14-10-21)33-26(22)35-15-11-30(12-16-35)18-36(19-30)28(37)40-29(3,4)5/h7,17,21H,1,8-16,18-19H2,2-6H3. The number of amides is 1. The molecule has 2 aromatic rings. The number of piperidine rings is 2. The van der Waals surface area contributed by atoms with Crippen LogP contribution in [-0.2, 0) is 4.74 Å². The molecule has 40 heavy (non-hydrogen) atoms. The first-order chi connectivity index (χ1) is 19.0. The van der Waals surface area contributed by atoms with Crippen LogP contribution in [0, 0.1) is 5.41 Å². The van der Waals surface area contributed by atoms with Gasteiger partial charge in [0, 0.05) is 50.1 Å². The van der Waals surface area contributed by atoms with Crippen LogP contribution in [0.1, 0.15) is 58.9 Å². The lowest BCUT2D eigenvalue weighted by Crippen LogP contribution is -2.62. The normalized spacial score (nSPS) is 19.9. The van der Waals surface area contributed by atoms with Crippen LogP contribution in [0.2, 0.25) is 0 Å². The summed E-state index contributed by atoms with van der Waals surface area (Å²) >= 11 is 3.72. The molecule has 1 amide bonds. The number of likely N-dealkylation sites (tertiary alicyclic amines) is 2. The predicted octanol–water partition coefficient (Wildman–Crippen LogP) is 5.74. The van der Waals surface area contributed by atoms with E-state index in [0.29, 0.717) is 18.4 Å². The summed E-state index contributed by atoms with van der Waals surface area (Å²) in [4.78, 5) is 28.9. The fourth-order valence-electron chi connectivity index (χ4n) is 5.90. The van der Waals surface area contributed by atoms with Crippen LogP contribution in [-0.4, -0.2) is 90.5 Å². The Morgan fingerprint density at radius 1 is 1.18 bits per heavy atom. The average Bonchev–Trinajstić information content (AvgIpc) is 2.89. The first-order valence-electron chi connectivity index (χ1n) is 14.4. The van der Waals surface area contributed by atoms with Crippen molar-refractivity contribution in [2.24, 2.45) is 5.41 Å². The maximum absolute atomic E-state index is 12.5. The van der Waals surface area contributed by atoms with E-state index < -0.39 is 5.60 Å². The quantitative estimate of drug-likeness (QED) is 0.407. The van der Waals surface area contributed by atoms with Crippen molar-refractivity contribution in [2.45, 2.75) is 65.1 Å². The van der Waals surface area contributed by atoms with Gasteiger partial charge in [0.2, 0.25) is 0 Å². The highest BCUT2D eigenvalue weighted by Gasteiger charge is 2.48. The summed E-state index contributed by atoms with van der Waals surface area (Å²) in [5, 5.41) is 0.928. The predicted molar refractivity (Wildman–Crippen MR) is 161 cm³/mol. The minimum atomic E-state index is -0.482. The van der Waals surface area contributed by atoms with Crippen molar-refractivity contribution in [3.05, 3.63) is 22.7 Å². The number of anilines is 1. The molecule has 1 spiro atoms. The third-order valence-corrected chi connectivity index (χ3v) is 8.96.